The van der Waals surface area contributed by atoms with Gasteiger partial charge in [0.15, 0.2) is 0 Å². The van der Waals surface area contributed by atoms with Gasteiger partial charge < -0.3 is 11.1 Å². The standard InChI is InChI=1S/C14H11BrClFN2O/c15-11-6-10(16)3-1-9(11)7-19-13-5-8(14(18)20)2-4-12(13)17/h1-6,19H,7H2,(H2,18,20). The Bertz CT molecular complexity index is 664. The highest BCUT2D eigenvalue weighted by Gasteiger charge is 2.08. The Balaban J connectivity index is 2.18. The summed E-state index contributed by atoms with van der Waals surface area (Å²) in [6.07, 6.45) is 0. The first kappa shape index (κ1) is 14.8. The highest BCUT2D eigenvalue weighted by molar-refractivity contribution is 9.10. The lowest BCUT2D eigenvalue weighted by Gasteiger charge is -2.10. The van der Waals surface area contributed by atoms with Crippen molar-refractivity contribution in [3.05, 3.63) is 62.8 Å². The molecule has 0 radical (unpaired) electrons. The summed E-state index contributed by atoms with van der Waals surface area (Å²) in [5, 5.41) is 3.54. The van der Waals surface area contributed by atoms with E-state index in [0.717, 1.165) is 10.0 Å². The maximum atomic E-state index is 13.7. The molecule has 2 aromatic carbocycles. The molecular weight excluding hydrogens is 347 g/mol. The third kappa shape index (κ3) is 3.49. The number of nitrogens with one attached hydrogen (secondary N) is 1. The maximum Gasteiger partial charge on any atom is 0.248 e. The second-order valence-electron chi connectivity index (χ2n) is 4.15. The molecule has 0 fully saturated rings. The van der Waals surface area contributed by atoms with Crippen molar-refractivity contribution in [1.29, 1.82) is 0 Å². The van der Waals surface area contributed by atoms with Gasteiger partial charge in [0.25, 0.3) is 0 Å². The van der Waals surface area contributed by atoms with Crippen LogP contribution in [0.15, 0.2) is 40.9 Å². The van der Waals surface area contributed by atoms with Gasteiger partial charge in [-0.2, -0.15) is 0 Å². The molecule has 0 atom stereocenters. The summed E-state index contributed by atoms with van der Waals surface area (Å²) in [6.45, 7) is 0.386. The second kappa shape index (κ2) is 6.24. The van der Waals surface area contributed by atoms with E-state index in [1.165, 1.54) is 18.2 Å². The molecule has 0 aliphatic carbocycles. The van der Waals surface area contributed by atoms with Crippen LogP contribution in [0, 0.1) is 5.82 Å². The number of hydrogen-bond acceptors (Lipinski definition) is 2. The highest BCUT2D eigenvalue weighted by Crippen LogP contribution is 2.23. The van der Waals surface area contributed by atoms with Crippen LogP contribution < -0.4 is 11.1 Å². The lowest BCUT2D eigenvalue weighted by Crippen LogP contribution is -2.12. The number of anilines is 1. The molecule has 20 heavy (non-hydrogen) atoms. The number of carbonyl (C=O) groups is 1. The van der Waals surface area contributed by atoms with Gasteiger partial charge in [-0.15, -0.1) is 0 Å². The Labute approximate surface area is 129 Å². The van der Waals surface area contributed by atoms with Gasteiger partial charge in [0, 0.05) is 21.6 Å². The van der Waals surface area contributed by atoms with Crippen molar-refractivity contribution in [1.82, 2.24) is 0 Å². The lowest BCUT2D eigenvalue weighted by atomic mass is 10.1. The van der Waals surface area contributed by atoms with Crippen LogP contribution in [-0.2, 0) is 6.54 Å². The fraction of sp³-hybridized carbons (Fsp3) is 0.0714. The van der Waals surface area contributed by atoms with Crippen molar-refractivity contribution in [2.75, 3.05) is 5.32 Å². The van der Waals surface area contributed by atoms with Crippen LogP contribution in [0.3, 0.4) is 0 Å². The van der Waals surface area contributed by atoms with E-state index in [4.69, 9.17) is 17.3 Å². The zero-order valence-electron chi connectivity index (χ0n) is 10.3. The summed E-state index contributed by atoms with van der Waals surface area (Å²) in [4.78, 5) is 11.1. The average Bonchev–Trinajstić information content (AvgIpc) is 2.39. The average molecular weight is 358 g/mol. The number of nitrogens with two attached hydrogens (primary N) is 1. The summed E-state index contributed by atoms with van der Waals surface area (Å²) >= 11 is 9.24. The zero-order valence-corrected chi connectivity index (χ0v) is 12.6. The monoisotopic (exact) mass is 356 g/mol. The Morgan fingerprint density at radius 1 is 1.30 bits per heavy atom. The molecule has 3 nitrogen and oxygen atoms in total. The summed E-state index contributed by atoms with van der Waals surface area (Å²) in [5.41, 5.74) is 6.56. The molecule has 0 aromatic heterocycles. The number of primary amides is 1. The Morgan fingerprint density at radius 2 is 2.05 bits per heavy atom. The molecule has 3 N–H and O–H groups in total. The van der Waals surface area contributed by atoms with Crippen molar-refractivity contribution in [2.45, 2.75) is 6.54 Å². The van der Waals surface area contributed by atoms with Gasteiger partial charge in [-0.25, -0.2) is 4.39 Å². The molecule has 0 unspecified atom stereocenters. The van der Waals surface area contributed by atoms with Gasteiger partial charge >= 0.3 is 0 Å². The molecule has 0 spiro atoms. The minimum atomic E-state index is -0.597. The Morgan fingerprint density at radius 3 is 2.70 bits per heavy atom. The number of halogens is 3. The van der Waals surface area contributed by atoms with Crippen LogP contribution in [0.25, 0.3) is 0 Å². The van der Waals surface area contributed by atoms with Gasteiger partial charge in [0.2, 0.25) is 5.91 Å². The summed E-state index contributed by atoms with van der Waals surface area (Å²) < 4.78 is 14.5. The summed E-state index contributed by atoms with van der Waals surface area (Å²) in [6, 6.07) is 9.28. The van der Waals surface area contributed by atoms with E-state index in [-0.39, 0.29) is 11.3 Å². The van der Waals surface area contributed by atoms with Crippen molar-refractivity contribution in [3.8, 4) is 0 Å². The highest BCUT2D eigenvalue weighted by atomic mass is 79.9. The smallest absolute Gasteiger partial charge is 0.248 e. The molecule has 1 amide bonds. The molecule has 2 aromatic rings. The fourth-order valence-electron chi connectivity index (χ4n) is 1.67. The molecule has 0 aliphatic heterocycles. The summed E-state index contributed by atoms with van der Waals surface area (Å²) in [5.74, 6) is -1.04. The second-order valence-corrected chi connectivity index (χ2v) is 5.44. The lowest BCUT2D eigenvalue weighted by molar-refractivity contribution is 0.100. The maximum absolute atomic E-state index is 13.7. The van der Waals surface area contributed by atoms with Crippen LogP contribution in [0.4, 0.5) is 10.1 Å². The van der Waals surface area contributed by atoms with Gasteiger partial charge in [-0.05, 0) is 35.9 Å². The first-order valence-electron chi connectivity index (χ1n) is 5.74. The van der Waals surface area contributed by atoms with E-state index < -0.39 is 11.7 Å². The first-order chi connectivity index (χ1) is 9.47. The fourth-order valence-corrected chi connectivity index (χ4v) is 2.49. The largest absolute Gasteiger partial charge is 0.379 e. The predicted octanol–water partition coefficient (Wildman–Crippen LogP) is 3.95. The predicted molar refractivity (Wildman–Crippen MR) is 81.4 cm³/mol. The first-order valence-corrected chi connectivity index (χ1v) is 6.91. The normalized spacial score (nSPS) is 10.3. The van der Waals surface area contributed by atoms with E-state index in [0.29, 0.717) is 11.6 Å². The van der Waals surface area contributed by atoms with Crippen molar-refractivity contribution >= 4 is 39.1 Å². The quantitative estimate of drug-likeness (QED) is 0.870. The van der Waals surface area contributed by atoms with Gasteiger partial charge in [-0.1, -0.05) is 33.6 Å². The number of benzene rings is 2. The van der Waals surface area contributed by atoms with Crippen molar-refractivity contribution in [2.24, 2.45) is 5.73 Å². The molecule has 0 saturated heterocycles. The van der Waals surface area contributed by atoms with E-state index in [9.17, 15) is 9.18 Å². The van der Waals surface area contributed by atoms with Gasteiger partial charge in [0.1, 0.15) is 5.82 Å². The molecular formula is C14H11BrClFN2O. The molecule has 0 saturated carbocycles. The van der Waals surface area contributed by atoms with Crippen LogP contribution in [0.1, 0.15) is 15.9 Å². The third-order valence-electron chi connectivity index (χ3n) is 2.74. The zero-order chi connectivity index (χ0) is 14.7. The van der Waals surface area contributed by atoms with E-state index in [2.05, 4.69) is 21.2 Å². The van der Waals surface area contributed by atoms with Crippen molar-refractivity contribution < 1.29 is 9.18 Å². The SMILES string of the molecule is NC(=O)c1ccc(F)c(NCc2ccc(Cl)cc2Br)c1. The Kier molecular flexibility index (Phi) is 4.62. The summed E-state index contributed by atoms with van der Waals surface area (Å²) in [7, 11) is 0. The van der Waals surface area contributed by atoms with Crippen LogP contribution in [0.5, 0.6) is 0 Å². The van der Waals surface area contributed by atoms with Gasteiger partial charge in [-0.3, -0.25) is 4.79 Å². The third-order valence-corrected chi connectivity index (χ3v) is 3.71. The molecule has 2 rings (SSSR count). The van der Waals surface area contributed by atoms with E-state index in [1.807, 2.05) is 6.07 Å². The number of amides is 1. The van der Waals surface area contributed by atoms with Crippen molar-refractivity contribution in [3.63, 3.8) is 0 Å². The molecule has 0 heterocycles. The van der Waals surface area contributed by atoms with Crippen LogP contribution in [-0.4, -0.2) is 5.91 Å². The minimum absolute atomic E-state index is 0.225. The number of rotatable bonds is 4. The molecule has 6 heteroatoms. The topological polar surface area (TPSA) is 55.1 Å². The number of hydrogen-bond donors (Lipinski definition) is 2. The number of carbonyl (C=O) groups excluding carboxylic acids is 1. The van der Waals surface area contributed by atoms with Gasteiger partial charge in [0.05, 0.1) is 5.69 Å². The van der Waals surface area contributed by atoms with E-state index >= 15 is 0 Å². The van der Waals surface area contributed by atoms with E-state index in [1.54, 1.807) is 12.1 Å². The minimum Gasteiger partial charge on any atom is -0.379 e. The Hall–Kier alpha value is -1.59. The molecule has 0 aliphatic rings. The van der Waals surface area contributed by atoms with Crippen LogP contribution >= 0.6 is 27.5 Å². The van der Waals surface area contributed by atoms with Crippen LogP contribution in [0.2, 0.25) is 5.02 Å². The molecule has 104 valence electrons. The molecule has 0 bridgehead atoms.